The van der Waals surface area contributed by atoms with E-state index in [1.807, 2.05) is 13.0 Å². The second-order valence-electron chi connectivity index (χ2n) is 7.58. The highest BCUT2D eigenvalue weighted by molar-refractivity contribution is 5.90. The van der Waals surface area contributed by atoms with Crippen LogP contribution in [0.3, 0.4) is 0 Å². The Morgan fingerprint density at radius 3 is 2.75 bits per heavy atom. The van der Waals surface area contributed by atoms with Gasteiger partial charge in [-0.05, 0) is 32.4 Å². The Kier molecular flexibility index (Phi) is 4.25. The van der Waals surface area contributed by atoms with Gasteiger partial charge in [0.05, 0.1) is 11.7 Å². The molecule has 1 fully saturated rings. The van der Waals surface area contributed by atoms with Gasteiger partial charge in [-0.3, -0.25) is 9.69 Å². The number of amides is 1. The number of aryl methyl sites for hydroxylation is 1. The van der Waals surface area contributed by atoms with Crippen molar-refractivity contribution in [3.63, 3.8) is 0 Å². The van der Waals surface area contributed by atoms with Crippen LogP contribution in [0.4, 0.5) is 0 Å². The number of carbonyl (C=O) groups is 1. The molecular formula is C18H25N3O3. The van der Waals surface area contributed by atoms with Crippen LogP contribution >= 0.6 is 0 Å². The van der Waals surface area contributed by atoms with Crippen molar-refractivity contribution in [3.05, 3.63) is 40.7 Å². The number of furan rings is 1. The molecule has 1 aliphatic rings. The molecule has 0 unspecified atom stereocenters. The Bertz CT molecular complexity index is 739. The van der Waals surface area contributed by atoms with Crippen LogP contribution in [0.15, 0.2) is 21.1 Å². The summed E-state index contributed by atoms with van der Waals surface area (Å²) in [5, 5.41) is 4.01. The third-order valence-electron chi connectivity index (χ3n) is 4.44. The minimum atomic E-state index is -0.532. The lowest BCUT2D eigenvalue weighted by Gasteiger charge is -2.24. The average molecular weight is 331 g/mol. The SMILES string of the molecule is Cc1cc([C@H]2CCCN2Cc2cc(C(N)=O)oc2C(C)(C)C)on1. The number of rotatable bonds is 4. The van der Waals surface area contributed by atoms with Gasteiger partial charge in [-0.2, -0.15) is 0 Å². The molecule has 6 nitrogen and oxygen atoms in total. The van der Waals surface area contributed by atoms with Crippen LogP contribution in [0.25, 0.3) is 0 Å². The quantitative estimate of drug-likeness (QED) is 0.929. The minimum absolute atomic E-state index is 0.193. The predicted molar refractivity (Wildman–Crippen MR) is 89.6 cm³/mol. The first-order valence-corrected chi connectivity index (χ1v) is 8.36. The van der Waals surface area contributed by atoms with E-state index in [9.17, 15) is 4.79 Å². The summed E-state index contributed by atoms with van der Waals surface area (Å²) in [5.74, 6) is 1.41. The minimum Gasteiger partial charge on any atom is -0.455 e. The summed E-state index contributed by atoms with van der Waals surface area (Å²) in [4.78, 5) is 13.9. The van der Waals surface area contributed by atoms with E-state index in [2.05, 4.69) is 30.8 Å². The number of nitrogens with two attached hydrogens (primary N) is 1. The number of hydrogen-bond donors (Lipinski definition) is 1. The highest BCUT2D eigenvalue weighted by atomic mass is 16.5. The van der Waals surface area contributed by atoms with Crippen molar-refractivity contribution in [3.8, 4) is 0 Å². The van der Waals surface area contributed by atoms with E-state index >= 15 is 0 Å². The zero-order valence-electron chi connectivity index (χ0n) is 14.8. The summed E-state index contributed by atoms with van der Waals surface area (Å²) in [6.07, 6.45) is 2.15. The smallest absolute Gasteiger partial charge is 0.284 e. The van der Waals surface area contributed by atoms with Crippen LogP contribution in [0.2, 0.25) is 0 Å². The summed E-state index contributed by atoms with van der Waals surface area (Å²) in [6.45, 7) is 9.82. The van der Waals surface area contributed by atoms with Gasteiger partial charge in [0.2, 0.25) is 0 Å². The van der Waals surface area contributed by atoms with E-state index in [1.165, 1.54) is 0 Å². The Morgan fingerprint density at radius 2 is 2.17 bits per heavy atom. The Hall–Kier alpha value is -2.08. The van der Waals surface area contributed by atoms with Gasteiger partial charge in [-0.25, -0.2) is 0 Å². The number of primary amides is 1. The lowest BCUT2D eigenvalue weighted by Crippen LogP contribution is -2.24. The predicted octanol–water partition coefficient (Wildman–Crippen LogP) is 3.31. The van der Waals surface area contributed by atoms with Crippen molar-refractivity contribution in [2.45, 2.75) is 58.5 Å². The molecule has 3 rings (SSSR count). The molecular weight excluding hydrogens is 306 g/mol. The van der Waals surface area contributed by atoms with Crippen LogP contribution in [-0.2, 0) is 12.0 Å². The molecule has 1 amide bonds. The van der Waals surface area contributed by atoms with E-state index in [-0.39, 0.29) is 17.2 Å². The summed E-state index contributed by atoms with van der Waals surface area (Å²) in [6, 6.07) is 3.99. The number of nitrogens with zero attached hydrogens (tertiary/aromatic N) is 2. The normalized spacial score (nSPS) is 19.1. The van der Waals surface area contributed by atoms with Crippen LogP contribution in [0.1, 0.15) is 73.0 Å². The maximum Gasteiger partial charge on any atom is 0.284 e. The average Bonchev–Trinajstić information content (AvgIpc) is 3.17. The standard InChI is InChI=1S/C18H25N3O3/c1-11-8-14(24-20-11)13-6-5-7-21(13)10-12-9-15(17(19)22)23-16(12)18(2,3)4/h8-9,13H,5-7,10H2,1-4H3,(H2,19,22)/t13-/m1/s1. The Labute approximate surface area is 142 Å². The second kappa shape index (κ2) is 6.09. The molecule has 6 heteroatoms. The monoisotopic (exact) mass is 331 g/mol. The van der Waals surface area contributed by atoms with Crippen LogP contribution in [-0.4, -0.2) is 22.5 Å². The van der Waals surface area contributed by atoms with Gasteiger partial charge in [0, 0.05) is 23.6 Å². The largest absolute Gasteiger partial charge is 0.455 e. The first kappa shape index (κ1) is 16.8. The second-order valence-corrected chi connectivity index (χ2v) is 7.58. The van der Waals surface area contributed by atoms with Crippen molar-refractivity contribution in [1.82, 2.24) is 10.1 Å². The first-order chi connectivity index (χ1) is 11.3. The maximum absolute atomic E-state index is 11.5. The number of aromatic nitrogens is 1. The van der Waals surface area contributed by atoms with E-state index in [0.717, 1.165) is 42.2 Å². The highest BCUT2D eigenvalue weighted by Gasteiger charge is 2.32. The molecule has 2 aromatic rings. The Morgan fingerprint density at radius 1 is 1.42 bits per heavy atom. The van der Waals surface area contributed by atoms with Crippen molar-refractivity contribution in [1.29, 1.82) is 0 Å². The van der Waals surface area contributed by atoms with Gasteiger partial charge in [0.15, 0.2) is 11.5 Å². The van der Waals surface area contributed by atoms with E-state index < -0.39 is 5.91 Å². The van der Waals surface area contributed by atoms with Crippen molar-refractivity contribution in [2.24, 2.45) is 5.73 Å². The van der Waals surface area contributed by atoms with Gasteiger partial charge in [-0.1, -0.05) is 25.9 Å². The fraction of sp³-hybridized carbons (Fsp3) is 0.556. The van der Waals surface area contributed by atoms with Crippen LogP contribution < -0.4 is 5.73 Å². The molecule has 1 atom stereocenters. The Balaban J connectivity index is 1.88. The topological polar surface area (TPSA) is 85.5 Å². The summed E-state index contributed by atoms with van der Waals surface area (Å²) in [7, 11) is 0. The lowest BCUT2D eigenvalue weighted by atomic mass is 9.90. The molecule has 0 saturated carbocycles. The molecule has 0 aliphatic carbocycles. The van der Waals surface area contributed by atoms with Gasteiger partial charge in [-0.15, -0.1) is 0 Å². The summed E-state index contributed by atoms with van der Waals surface area (Å²) in [5.41, 5.74) is 7.11. The third-order valence-corrected chi connectivity index (χ3v) is 4.44. The van der Waals surface area contributed by atoms with Gasteiger partial charge >= 0.3 is 0 Å². The molecule has 1 saturated heterocycles. The molecule has 3 heterocycles. The van der Waals surface area contributed by atoms with Crippen LogP contribution in [0.5, 0.6) is 0 Å². The molecule has 0 spiro atoms. The van der Waals surface area contributed by atoms with Gasteiger partial charge in [0.1, 0.15) is 5.76 Å². The van der Waals surface area contributed by atoms with Gasteiger partial charge in [0.25, 0.3) is 5.91 Å². The third kappa shape index (κ3) is 3.24. The van der Waals surface area contributed by atoms with Crippen molar-refractivity contribution in [2.75, 3.05) is 6.54 Å². The maximum atomic E-state index is 11.5. The van der Waals surface area contributed by atoms with E-state index in [1.54, 1.807) is 6.07 Å². The molecule has 0 bridgehead atoms. The van der Waals surface area contributed by atoms with Crippen LogP contribution in [0, 0.1) is 6.92 Å². The fourth-order valence-corrected chi connectivity index (χ4v) is 3.40. The van der Waals surface area contributed by atoms with E-state index in [4.69, 9.17) is 14.7 Å². The zero-order chi connectivity index (χ0) is 17.5. The summed E-state index contributed by atoms with van der Waals surface area (Å²) < 4.78 is 11.2. The molecule has 0 aromatic carbocycles. The fourth-order valence-electron chi connectivity index (χ4n) is 3.40. The number of carbonyl (C=O) groups excluding carboxylic acids is 1. The van der Waals surface area contributed by atoms with Crippen molar-refractivity contribution < 1.29 is 13.7 Å². The lowest BCUT2D eigenvalue weighted by molar-refractivity contribution is 0.0970. The number of hydrogen-bond acceptors (Lipinski definition) is 5. The molecule has 2 aromatic heterocycles. The molecule has 1 aliphatic heterocycles. The van der Waals surface area contributed by atoms with Crippen molar-refractivity contribution >= 4 is 5.91 Å². The summed E-state index contributed by atoms with van der Waals surface area (Å²) >= 11 is 0. The van der Waals surface area contributed by atoms with Gasteiger partial charge < -0.3 is 14.7 Å². The first-order valence-electron chi connectivity index (χ1n) is 8.36. The number of likely N-dealkylation sites (tertiary alicyclic amines) is 1. The molecule has 0 radical (unpaired) electrons. The van der Waals surface area contributed by atoms with E-state index in [0.29, 0.717) is 6.54 Å². The highest BCUT2D eigenvalue weighted by Crippen LogP contribution is 2.36. The zero-order valence-corrected chi connectivity index (χ0v) is 14.8. The molecule has 130 valence electrons. The molecule has 2 N–H and O–H groups in total. The molecule has 24 heavy (non-hydrogen) atoms.